The summed E-state index contributed by atoms with van der Waals surface area (Å²) in [5.41, 5.74) is 0. The molecule has 172 valence electrons. The number of carbonyl (C=O) groups excluding carboxylic acids is 4. The van der Waals surface area contributed by atoms with Crippen LogP contribution in [0, 0.1) is 11.8 Å². The number of rotatable bonds is 14. The summed E-state index contributed by atoms with van der Waals surface area (Å²) in [6, 6.07) is 0. The van der Waals surface area contributed by atoms with Gasteiger partial charge in [-0.05, 0) is 25.7 Å². The van der Waals surface area contributed by atoms with Crippen molar-refractivity contribution in [3.63, 3.8) is 0 Å². The molecule has 0 bridgehead atoms. The number of hydrogen-bond acceptors (Lipinski definition) is 8. The molecule has 0 amide bonds. The van der Waals surface area contributed by atoms with Gasteiger partial charge in [-0.25, -0.2) is 19.2 Å². The zero-order chi connectivity index (χ0) is 23.1. The van der Waals surface area contributed by atoms with Gasteiger partial charge in [0.05, 0.1) is 13.2 Å². The van der Waals surface area contributed by atoms with Gasteiger partial charge in [-0.2, -0.15) is 0 Å². The molecule has 0 aromatic rings. The van der Waals surface area contributed by atoms with E-state index in [-0.39, 0.29) is 25.0 Å². The standard InChI is InChI=1S/C22H36O8/c1-7-17(8-2)13-27-21(25)15(5)29-19(23)11-12-20(24)30-16(6)22(26)28-14-18(9-3)10-4/h11-12,15-18H,7-10,13-14H2,1-6H3/b12-11+/t15-,16+. The average Bonchev–Trinajstić information content (AvgIpc) is 2.73. The Balaban J connectivity index is 4.37. The normalized spacial score (nSPS) is 13.2. The monoisotopic (exact) mass is 428 g/mol. The molecule has 8 heteroatoms. The highest BCUT2D eigenvalue weighted by molar-refractivity contribution is 5.93. The van der Waals surface area contributed by atoms with Crippen molar-refractivity contribution in [1.82, 2.24) is 0 Å². The van der Waals surface area contributed by atoms with Crippen LogP contribution in [0.15, 0.2) is 12.2 Å². The SMILES string of the molecule is CCC(CC)COC(=O)[C@H](C)OC(=O)/C=C/C(=O)O[C@H](C)C(=O)OCC(CC)CC. The second-order valence-electron chi connectivity index (χ2n) is 7.12. The minimum absolute atomic E-state index is 0.259. The third-order valence-corrected chi connectivity index (χ3v) is 4.84. The highest BCUT2D eigenvalue weighted by Gasteiger charge is 2.21. The van der Waals surface area contributed by atoms with Crippen LogP contribution < -0.4 is 0 Å². The minimum Gasteiger partial charge on any atom is -0.463 e. The summed E-state index contributed by atoms with van der Waals surface area (Å²) in [5.74, 6) is -2.59. The van der Waals surface area contributed by atoms with E-state index < -0.39 is 36.1 Å². The van der Waals surface area contributed by atoms with Gasteiger partial charge in [0.2, 0.25) is 0 Å². The summed E-state index contributed by atoms with van der Waals surface area (Å²) >= 11 is 0. The van der Waals surface area contributed by atoms with Crippen LogP contribution in [0.2, 0.25) is 0 Å². The van der Waals surface area contributed by atoms with Crippen molar-refractivity contribution in [3.8, 4) is 0 Å². The lowest BCUT2D eigenvalue weighted by Gasteiger charge is -2.16. The third kappa shape index (κ3) is 11.6. The maximum atomic E-state index is 11.9. The number of ether oxygens (including phenoxy) is 4. The van der Waals surface area contributed by atoms with Gasteiger partial charge in [0.25, 0.3) is 0 Å². The van der Waals surface area contributed by atoms with Crippen molar-refractivity contribution in [2.24, 2.45) is 11.8 Å². The van der Waals surface area contributed by atoms with Crippen LogP contribution in [-0.2, 0) is 38.1 Å². The maximum Gasteiger partial charge on any atom is 0.347 e. The molecule has 0 saturated carbocycles. The molecule has 0 rings (SSSR count). The molecule has 0 aliphatic heterocycles. The van der Waals surface area contributed by atoms with Crippen LogP contribution in [0.3, 0.4) is 0 Å². The van der Waals surface area contributed by atoms with Crippen LogP contribution in [0.4, 0.5) is 0 Å². The largest absolute Gasteiger partial charge is 0.463 e. The summed E-state index contributed by atoms with van der Waals surface area (Å²) in [6.07, 6.45) is 2.97. The Morgan fingerprint density at radius 2 is 0.933 bits per heavy atom. The summed E-state index contributed by atoms with van der Waals surface area (Å²) in [7, 11) is 0. The Morgan fingerprint density at radius 1 is 0.633 bits per heavy atom. The Hall–Kier alpha value is -2.38. The quantitative estimate of drug-likeness (QED) is 0.236. The van der Waals surface area contributed by atoms with Crippen molar-refractivity contribution >= 4 is 23.9 Å². The van der Waals surface area contributed by atoms with E-state index in [0.29, 0.717) is 0 Å². The molecule has 0 aromatic carbocycles. The van der Waals surface area contributed by atoms with Gasteiger partial charge in [-0.3, -0.25) is 0 Å². The molecular formula is C22H36O8. The Morgan fingerprint density at radius 3 is 1.20 bits per heavy atom. The van der Waals surface area contributed by atoms with Crippen LogP contribution in [-0.4, -0.2) is 49.3 Å². The fourth-order valence-electron chi connectivity index (χ4n) is 2.34. The van der Waals surface area contributed by atoms with Crippen LogP contribution in [0.5, 0.6) is 0 Å². The predicted octanol–water partition coefficient (Wildman–Crippen LogP) is 3.36. The van der Waals surface area contributed by atoms with E-state index in [1.54, 1.807) is 0 Å². The summed E-state index contributed by atoms with van der Waals surface area (Å²) in [5, 5.41) is 0. The molecule has 2 atom stereocenters. The molecule has 8 nitrogen and oxygen atoms in total. The first kappa shape index (κ1) is 27.6. The van der Waals surface area contributed by atoms with Gasteiger partial charge >= 0.3 is 23.9 Å². The molecule has 0 heterocycles. The summed E-state index contributed by atoms with van der Waals surface area (Å²) in [6.45, 7) is 11.3. The molecule has 0 aromatic heterocycles. The van der Waals surface area contributed by atoms with Gasteiger partial charge in [-0.1, -0.05) is 53.4 Å². The second kappa shape index (κ2) is 15.5. The molecule has 0 spiro atoms. The van der Waals surface area contributed by atoms with Gasteiger partial charge < -0.3 is 18.9 Å². The first-order chi connectivity index (χ1) is 14.2. The van der Waals surface area contributed by atoms with Gasteiger partial charge in [0.1, 0.15) is 0 Å². The molecule has 0 aliphatic carbocycles. The third-order valence-electron chi connectivity index (χ3n) is 4.84. The summed E-state index contributed by atoms with van der Waals surface area (Å²) < 4.78 is 20.1. The number of carbonyl (C=O) groups is 4. The van der Waals surface area contributed by atoms with Gasteiger partial charge in [0, 0.05) is 12.2 Å². The molecule has 0 unspecified atom stereocenters. The zero-order valence-electron chi connectivity index (χ0n) is 19.0. The van der Waals surface area contributed by atoms with E-state index in [4.69, 9.17) is 18.9 Å². The van der Waals surface area contributed by atoms with Crippen molar-refractivity contribution in [3.05, 3.63) is 12.2 Å². The topological polar surface area (TPSA) is 105 Å². The molecule has 0 aliphatic rings. The lowest BCUT2D eigenvalue weighted by molar-refractivity contribution is -0.165. The van der Waals surface area contributed by atoms with E-state index >= 15 is 0 Å². The van der Waals surface area contributed by atoms with Crippen LogP contribution >= 0.6 is 0 Å². The smallest absolute Gasteiger partial charge is 0.347 e. The zero-order valence-corrected chi connectivity index (χ0v) is 19.0. The fraction of sp³-hybridized carbons (Fsp3) is 0.727. The lowest BCUT2D eigenvalue weighted by atomic mass is 10.1. The van der Waals surface area contributed by atoms with E-state index in [1.165, 1.54) is 13.8 Å². The Bertz CT molecular complexity index is 526. The molecule has 0 saturated heterocycles. The average molecular weight is 429 g/mol. The van der Waals surface area contributed by atoms with Gasteiger partial charge in [0.15, 0.2) is 12.2 Å². The van der Waals surface area contributed by atoms with Crippen molar-refractivity contribution in [2.45, 2.75) is 79.4 Å². The van der Waals surface area contributed by atoms with E-state index in [9.17, 15) is 19.2 Å². The lowest BCUT2D eigenvalue weighted by Crippen LogP contribution is -2.28. The Labute approximate surface area is 179 Å². The highest BCUT2D eigenvalue weighted by Crippen LogP contribution is 2.10. The minimum atomic E-state index is -1.11. The van der Waals surface area contributed by atoms with E-state index in [0.717, 1.165) is 37.8 Å². The van der Waals surface area contributed by atoms with Crippen molar-refractivity contribution in [1.29, 1.82) is 0 Å². The first-order valence-corrected chi connectivity index (χ1v) is 10.6. The molecule has 0 N–H and O–H groups in total. The van der Waals surface area contributed by atoms with E-state index in [2.05, 4.69) is 0 Å². The molecule has 0 fully saturated rings. The van der Waals surface area contributed by atoms with Crippen molar-refractivity contribution in [2.75, 3.05) is 13.2 Å². The van der Waals surface area contributed by atoms with Crippen molar-refractivity contribution < 1.29 is 38.1 Å². The highest BCUT2D eigenvalue weighted by atomic mass is 16.6. The second-order valence-corrected chi connectivity index (χ2v) is 7.12. The molecule has 30 heavy (non-hydrogen) atoms. The number of hydrogen-bond donors (Lipinski definition) is 0. The summed E-state index contributed by atoms with van der Waals surface area (Å²) in [4.78, 5) is 47.2. The van der Waals surface area contributed by atoms with Crippen LogP contribution in [0.1, 0.15) is 67.2 Å². The fourth-order valence-corrected chi connectivity index (χ4v) is 2.34. The van der Waals surface area contributed by atoms with E-state index in [1.807, 2.05) is 27.7 Å². The maximum absolute atomic E-state index is 11.9. The molecule has 0 radical (unpaired) electrons. The number of esters is 4. The Kier molecular flexibility index (Phi) is 14.2. The van der Waals surface area contributed by atoms with Gasteiger partial charge in [-0.15, -0.1) is 0 Å². The van der Waals surface area contributed by atoms with Crippen LogP contribution in [0.25, 0.3) is 0 Å². The first-order valence-electron chi connectivity index (χ1n) is 10.6. The predicted molar refractivity (Wildman–Crippen MR) is 110 cm³/mol. The molecular weight excluding hydrogens is 392 g/mol.